The molecular weight excluding hydrogens is 289 g/mol. The Bertz CT molecular complexity index is 179. The maximum Gasteiger partial charge on any atom is 0.236 e. The molecule has 0 amide bonds. The molecule has 74 valence electrons. The van der Waals surface area contributed by atoms with Gasteiger partial charge in [-0.15, -0.1) is 0 Å². The molecule has 1 fully saturated rings. The van der Waals surface area contributed by atoms with Gasteiger partial charge in [0, 0.05) is 26.0 Å². The van der Waals surface area contributed by atoms with Gasteiger partial charge in [-0.25, -0.2) is 4.31 Å². The number of hydrogen-bond donors (Lipinski definition) is 0. The molecule has 0 aromatic rings. The van der Waals surface area contributed by atoms with Crippen LogP contribution in [0.25, 0.3) is 0 Å². The zero-order valence-electron chi connectivity index (χ0n) is 7.75. The first kappa shape index (κ1) is 10.9. The van der Waals surface area contributed by atoms with E-state index in [0.717, 1.165) is 18.7 Å². The Kier molecular flexibility index (Phi) is 3.94. The molecule has 0 bridgehead atoms. The van der Waals surface area contributed by atoms with E-state index in [1.165, 1.54) is 0 Å². The third kappa shape index (κ3) is 1.83. The Hall–Kier alpha value is 0.800. The Morgan fingerprint density at radius 1 is 1.58 bits per heavy atom. The topological polar surface area (TPSA) is 29.5 Å². The van der Waals surface area contributed by atoms with Crippen molar-refractivity contribution in [2.45, 2.75) is 26.3 Å². The number of nitrogens with zero attached hydrogens (tertiary/aromatic N) is 1. The van der Waals surface area contributed by atoms with E-state index in [1.807, 2.05) is 0 Å². The fourth-order valence-electron chi connectivity index (χ4n) is 1.50. The maximum atomic E-state index is 11.2. The molecule has 1 atom stereocenters. The molecule has 3 nitrogen and oxygen atoms in total. The van der Waals surface area contributed by atoms with Gasteiger partial charge in [0.15, 0.2) is 0 Å². The van der Waals surface area contributed by atoms with E-state index in [9.17, 15) is 3.07 Å². The van der Waals surface area contributed by atoms with Crippen LogP contribution in [0.1, 0.15) is 20.3 Å². The first-order chi connectivity index (χ1) is 5.66. The first-order valence-electron chi connectivity index (χ1n) is 4.08. The summed E-state index contributed by atoms with van der Waals surface area (Å²) in [5.41, 5.74) is 0. The molecule has 12 heavy (non-hydrogen) atoms. The van der Waals surface area contributed by atoms with E-state index < -0.39 is 27.5 Å². The zero-order valence-corrected chi connectivity index (χ0v) is 10.7. The molecule has 1 saturated heterocycles. The SMILES string of the molecule is COS1(I=O)CCCN1C(C)C. The van der Waals surface area contributed by atoms with Crippen LogP contribution in [0, 0.1) is 0 Å². The second-order valence-corrected chi connectivity index (χ2v) is 10.8. The van der Waals surface area contributed by atoms with Crippen molar-refractivity contribution in [3.05, 3.63) is 0 Å². The van der Waals surface area contributed by atoms with Crippen molar-refractivity contribution in [3.63, 3.8) is 0 Å². The minimum Gasteiger partial charge on any atom is -0.315 e. The predicted octanol–water partition coefficient (Wildman–Crippen LogP) is 2.61. The minimum atomic E-state index is -1.29. The van der Waals surface area contributed by atoms with Crippen LogP contribution in [0.2, 0.25) is 0 Å². The molecule has 0 aromatic carbocycles. The summed E-state index contributed by atoms with van der Waals surface area (Å²) in [5.74, 6) is 1.01. The van der Waals surface area contributed by atoms with Gasteiger partial charge in [0.05, 0.1) is 7.11 Å². The summed E-state index contributed by atoms with van der Waals surface area (Å²) >= 11 is -1.02. The van der Waals surface area contributed by atoms with E-state index in [1.54, 1.807) is 7.11 Å². The minimum absolute atomic E-state index is 0.469. The van der Waals surface area contributed by atoms with Gasteiger partial charge in [-0.2, -0.15) is 0 Å². The monoisotopic (exact) mass is 305 g/mol. The van der Waals surface area contributed by atoms with Crippen LogP contribution < -0.4 is 0 Å². The van der Waals surface area contributed by atoms with Gasteiger partial charge >= 0.3 is 0 Å². The Labute approximate surface area is 84.6 Å². The largest absolute Gasteiger partial charge is 0.315 e. The maximum absolute atomic E-state index is 11.2. The highest BCUT2D eigenvalue weighted by Crippen LogP contribution is 2.66. The van der Waals surface area contributed by atoms with E-state index >= 15 is 0 Å². The molecule has 0 aliphatic carbocycles. The average Bonchev–Trinajstić information content (AvgIpc) is 2.48. The summed E-state index contributed by atoms with van der Waals surface area (Å²) in [6.07, 6.45) is 1.14. The zero-order chi connectivity index (χ0) is 9.19. The predicted molar refractivity (Wildman–Crippen MR) is 60.6 cm³/mol. The van der Waals surface area contributed by atoms with Crippen LogP contribution >= 0.6 is 27.5 Å². The van der Waals surface area contributed by atoms with Gasteiger partial charge in [0.25, 0.3) is 0 Å². The summed E-state index contributed by atoms with van der Waals surface area (Å²) in [5, 5.41) is 0. The number of halogens is 1. The number of rotatable bonds is 3. The van der Waals surface area contributed by atoms with Crippen LogP contribution in [0.4, 0.5) is 0 Å². The standard InChI is InChI=1S/C7H16INO2S/c1-7(2)9-5-4-6-12(9,8-10)11-3/h7H,4-6H2,1-3H3. The molecule has 1 aliphatic heterocycles. The van der Waals surface area contributed by atoms with E-state index in [4.69, 9.17) is 4.18 Å². The van der Waals surface area contributed by atoms with E-state index in [-0.39, 0.29) is 0 Å². The summed E-state index contributed by atoms with van der Waals surface area (Å²) in [6, 6.07) is 0.469. The lowest BCUT2D eigenvalue weighted by molar-refractivity contribution is 0.363. The molecule has 1 aliphatic rings. The molecule has 0 spiro atoms. The Morgan fingerprint density at radius 3 is 2.58 bits per heavy atom. The van der Waals surface area contributed by atoms with Crippen molar-refractivity contribution >= 4 is 27.5 Å². The van der Waals surface area contributed by atoms with Crippen LogP contribution in [0.15, 0.2) is 0 Å². The van der Waals surface area contributed by atoms with Crippen LogP contribution in [0.3, 0.4) is 0 Å². The Balaban J connectivity index is 2.78. The van der Waals surface area contributed by atoms with Crippen LogP contribution in [0.5, 0.6) is 0 Å². The van der Waals surface area contributed by atoms with Crippen molar-refractivity contribution < 1.29 is 7.25 Å². The van der Waals surface area contributed by atoms with E-state index in [0.29, 0.717) is 6.04 Å². The highest BCUT2D eigenvalue weighted by molar-refractivity contribution is 14.2. The average molecular weight is 305 g/mol. The van der Waals surface area contributed by atoms with Gasteiger partial charge < -0.3 is 4.18 Å². The van der Waals surface area contributed by atoms with Crippen LogP contribution in [-0.2, 0) is 7.25 Å². The lowest BCUT2D eigenvalue weighted by Crippen LogP contribution is -2.28. The highest BCUT2D eigenvalue weighted by atomic mass is 127. The quantitative estimate of drug-likeness (QED) is 0.751. The summed E-state index contributed by atoms with van der Waals surface area (Å²) < 4.78 is 18.9. The Morgan fingerprint density at radius 2 is 2.25 bits per heavy atom. The van der Waals surface area contributed by atoms with Crippen molar-refractivity contribution in [2.75, 3.05) is 19.4 Å². The number of hydrogen-bond acceptors (Lipinski definition) is 3. The molecule has 0 saturated carbocycles. The van der Waals surface area contributed by atoms with Gasteiger partial charge in [0.2, 0.25) is 19.8 Å². The second-order valence-electron chi connectivity index (χ2n) is 3.08. The third-order valence-electron chi connectivity index (χ3n) is 2.05. The van der Waals surface area contributed by atoms with Gasteiger partial charge in [0.1, 0.15) is 0 Å². The van der Waals surface area contributed by atoms with Crippen LogP contribution in [-0.4, -0.2) is 29.8 Å². The smallest absolute Gasteiger partial charge is 0.236 e. The highest BCUT2D eigenvalue weighted by Gasteiger charge is 2.38. The molecule has 0 radical (unpaired) electrons. The van der Waals surface area contributed by atoms with E-state index in [2.05, 4.69) is 18.2 Å². The lowest BCUT2D eigenvalue weighted by Gasteiger charge is -2.37. The lowest BCUT2D eigenvalue weighted by atomic mass is 10.4. The summed E-state index contributed by atoms with van der Waals surface area (Å²) in [4.78, 5) is 0. The molecule has 1 unspecified atom stereocenters. The van der Waals surface area contributed by atoms with Gasteiger partial charge in [-0.3, -0.25) is 3.07 Å². The van der Waals surface area contributed by atoms with Crippen molar-refractivity contribution in [1.29, 1.82) is 0 Å². The third-order valence-corrected chi connectivity index (χ3v) is 10.5. The van der Waals surface area contributed by atoms with Crippen molar-refractivity contribution in [2.24, 2.45) is 0 Å². The second kappa shape index (κ2) is 4.34. The van der Waals surface area contributed by atoms with Gasteiger partial charge in [-0.1, -0.05) is 0 Å². The molecule has 1 heterocycles. The molecule has 1 rings (SSSR count). The normalized spacial score (nSPS) is 37.0. The fraction of sp³-hybridized carbons (Fsp3) is 1.00. The van der Waals surface area contributed by atoms with Gasteiger partial charge in [-0.05, 0) is 20.3 Å². The summed E-state index contributed by atoms with van der Waals surface area (Å²) in [7, 11) is 0.413. The fourth-order valence-corrected chi connectivity index (χ4v) is 8.28. The first-order valence-corrected chi connectivity index (χ1v) is 9.19. The molecular formula is C7H16INO2S. The molecule has 0 N–H and O–H groups in total. The summed E-state index contributed by atoms with van der Waals surface area (Å²) in [6.45, 7) is 5.35. The molecule has 0 aromatic heterocycles. The van der Waals surface area contributed by atoms with Crippen molar-refractivity contribution in [3.8, 4) is 0 Å². The van der Waals surface area contributed by atoms with Crippen molar-refractivity contribution in [1.82, 2.24) is 4.31 Å². The molecule has 5 heteroatoms.